The van der Waals surface area contributed by atoms with E-state index in [9.17, 15) is 4.39 Å². The smallest absolute Gasteiger partial charge is 0.148 e. The Labute approximate surface area is 117 Å². The van der Waals surface area contributed by atoms with Crippen molar-refractivity contribution in [3.05, 3.63) is 54.5 Å². The number of aromatic nitrogens is 1. The van der Waals surface area contributed by atoms with Crippen molar-refractivity contribution in [2.45, 2.75) is 0 Å². The van der Waals surface area contributed by atoms with Gasteiger partial charge in [0.25, 0.3) is 0 Å². The van der Waals surface area contributed by atoms with Crippen molar-refractivity contribution in [1.29, 1.82) is 0 Å². The van der Waals surface area contributed by atoms with Crippen molar-refractivity contribution in [3.8, 4) is 0 Å². The standard InChI is InChI=1S/C16H16FN3/c1-19-10-15(11-6-3-4-9-14(11)19)20(2)16-12(17)7-5-8-13(16)18/h3-10H,18H2,1-2H3. The first-order chi connectivity index (χ1) is 9.59. The van der Waals surface area contributed by atoms with E-state index in [4.69, 9.17) is 5.73 Å². The molecule has 0 atom stereocenters. The number of fused-ring (bicyclic) bond motifs is 1. The maximum atomic E-state index is 14.1. The first-order valence-electron chi connectivity index (χ1n) is 6.41. The molecule has 0 unspecified atom stereocenters. The number of halogens is 1. The van der Waals surface area contributed by atoms with Gasteiger partial charge in [0.2, 0.25) is 0 Å². The predicted octanol–water partition coefficient (Wildman–Crippen LogP) is 3.67. The van der Waals surface area contributed by atoms with E-state index in [1.54, 1.807) is 17.0 Å². The Morgan fingerprint density at radius 3 is 2.60 bits per heavy atom. The first kappa shape index (κ1) is 12.5. The van der Waals surface area contributed by atoms with Gasteiger partial charge in [-0.15, -0.1) is 0 Å². The van der Waals surface area contributed by atoms with Crippen molar-refractivity contribution in [2.24, 2.45) is 7.05 Å². The second-order valence-corrected chi connectivity index (χ2v) is 4.88. The number of para-hydroxylation sites is 2. The van der Waals surface area contributed by atoms with Gasteiger partial charge in [-0.3, -0.25) is 0 Å². The van der Waals surface area contributed by atoms with Gasteiger partial charge in [-0.05, 0) is 18.2 Å². The monoisotopic (exact) mass is 269 g/mol. The summed E-state index contributed by atoms with van der Waals surface area (Å²) in [7, 11) is 3.81. The lowest BCUT2D eigenvalue weighted by atomic mass is 10.2. The summed E-state index contributed by atoms with van der Waals surface area (Å²) in [6.07, 6.45) is 1.98. The first-order valence-corrected chi connectivity index (χ1v) is 6.41. The average molecular weight is 269 g/mol. The van der Waals surface area contributed by atoms with Crippen LogP contribution >= 0.6 is 0 Å². The SMILES string of the molecule is CN(c1c(N)cccc1F)c1cn(C)c2ccccc12. The van der Waals surface area contributed by atoms with Gasteiger partial charge in [-0.2, -0.15) is 0 Å². The summed E-state index contributed by atoms with van der Waals surface area (Å²) in [4.78, 5) is 1.80. The van der Waals surface area contributed by atoms with Crippen LogP contribution in [0.3, 0.4) is 0 Å². The summed E-state index contributed by atoms with van der Waals surface area (Å²) in [5.74, 6) is -0.319. The molecule has 0 aliphatic carbocycles. The molecule has 0 bridgehead atoms. The topological polar surface area (TPSA) is 34.2 Å². The highest BCUT2D eigenvalue weighted by Gasteiger charge is 2.16. The average Bonchev–Trinajstić information content (AvgIpc) is 2.76. The van der Waals surface area contributed by atoms with Crippen LogP contribution in [-0.2, 0) is 7.05 Å². The van der Waals surface area contributed by atoms with Crippen LogP contribution in [0.2, 0.25) is 0 Å². The van der Waals surface area contributed by atoms with Crippen LogP contribution in [0.15, 0.2) is 48.7 Å². The minimum atomic E-state index is -0.319. The second kappa shape index (κ2) is 4.56. The van der Waals surface area contributed by atoms with Crippen molar-refractivity contribution in [2.75, 3.05) is 17.7 Å². The van der Waals surface area contributed by atoms with E-state index in [-0.39, 0.29) is 5.82 Å². The molecule has 0 aliphatic rings. The number of rotatable bonds is 2. The summed E-state index contributed by atoms with van der Waals surface area (Å²) in [6, 6.07) is 12.8. The molecule has 0 saturated heterocycles. The molecule has 102 valence electrons. The molecule has 4 heteroatoms. The largest absolute Gasteiger partial charge is 0.397 e. The fourth-order valence-corrected chi connectivity index (χ4v) is 2.59. The van der Waals surface area contributed by atoms with Crippen molar-refractivity contribution in [3.63, 3.8) is 0 Å². The Morgan fingerprint density at radius 1 is 1.10 bits per heavy atom. The Morgan fingerprint density at radius 2 is 1.85 bits per heavy atom. The molecule has 2 aromatic carbocycles. The zero-order chi connectivity index (χ0) is 14.3. The maximum Gasteiger partial charge on any atom is 0.148 e. The van der Waals surface area contributed by atoms with Gasteiger partial charge in [-0.25, -0.2) is 4.39 Å². The van der Waals surface area contributed by atoms with E-state index < -0.39 is 0 Å². The minimum Gasteiger partial charge on any atom is -0.397 e. The highest BCUT2D eigenvalue weighted by Crippen LogP contribution is 2.36. The second-order valence-electron chi connectivity index (χ2n) is 4.88. The third-order valence-electron chi connectivity index (χ3n) is 3.59. The summed E-state index contributed by atoms with van der Waals surface area (Å²) in [5, 5.41) is 1.07. The Kier molecular flexibility index (Phi) is 2.86. The molecular formula is C16H16FN3. The molecule has 0 fully saturated rings. The number of hydrogen-bond donors (Lipinski definition) is 1. The molecule has 1 aromatic heterocycles. The molecule has 20 heavy (non-hydrogen) atoms. The predicted molar refractivity (Wildman–Crippen MR) is 81.8 cm³/mol. The van der Waals surface area contributed by atoms with E-state index in [1.165, 1.54) is 6.07 Å². The zero-order valence-electron chi connectivity index (χ0n) is 11.5. The fraction of sp³-hybridized carbons (Fsp3) is 0.125. The minimum absolute atomic E-state index is 0.319. The number of nitrogens with two attached hydrogens (primary N) is 1. The van der Waals surface area contributed by atoms with E-state index in [0.29, 0.717) is 11.4 Å². The zero-order valence-corrected chi connectivity index (χ0v) is 11.5. The van der Waals surface area contributed by atoms with Gasteiger partial charge < -0.3 is 15.2 Å². The van der Waals surface area contributed by atoms with Crippen molar-refractivity contribution < 1.29 is 4.39 Å². The van der Waals surface area contributed by atoms with Gasteiger partial charge in [0.15, 0.2) is 0 Å². The van der Waals surface area contributed by atoms with Crippen molar-refractivity contribution >= 4 is 28.0 Å². The molecule has 0 spiro atoms. The summed E-state index contributed by atoms with van der Waals surface area (Å²) in [5.41, 5.74) is 8.79. The summed E-state index contributed by atoms with van der Waals surface area (Å²) in [6.45, 7) is 0. The van der Waals surface area contributed by atoms with E-state index in [0.717, 1.165) is 16.6 Å². The van der Waals surface area contributed by atoms with Crippen LogP contribution in [0.5, 0.6) is 0 Å². The number of nitrogen functional groups attached to an aromatic ring is 1. The molecule has 3 nitrogen and oxygen atoms in total. The number of hydrogen-bond acceptors (Lipinski definition) is 2. The third-order valence-corrected chi connectivity index (χ3v) is 3.59. The molecular weight excluding hydrogens is 253 g/mol. The summed E-state index contributed by atoms with van der Waals surface area (Å²) >= 11 is 0. The Balaban J connectivity index is 2.21. The normalized spacial score (nSPS) is 10.9. The lowest BCUT2D eigenvalue weighted by Crippen LogP contribution is -2.13. The molecule has 0 aliphatic heterocycles. The highest BCUT2D eigenvalue weighted by atomic mass is 19.1. The lowest BCUT2D eigenvalue weighted by Gasteiger charge is -2.21. The van der Waals surface area contributed by atoms with Gasteiger partial charge in [-0.1, -0.05) is 24.3 Å². The van der Waals surface area contributed by atoms with Crippen LogP contribution in [-0.4, -0.2) is 11.6 Å². The fourth-order valence-electron chi connectivity index (χ4n) is 2.59. The quantitative estimate of drug-likeness (QED) is 0.720. The van der Waals surface area contributed by atoms with Gasteiger partial charge in [0, 0.05) is 31.2 Å². The molecule has 3 aromatic rings. The molecule has 3 rings (SSSR count). The van der Waals surface area contributed by atoms with Gasteiger partial charge in [0.05, 0.1) is 11.4 Å². The third kappa shape index (κ3) is 1.81. The molecule has 0 radical (unpaired) electrons. The molecule has 0 amide bonds. The number of nitrogens with zero attached hydrogens (tertiary/aromatic N) is 2. The number of aryl methyl sites for hydroxylation is 1. The maximum absolute atomic E-state index is 14.1. The van der Waals surface area contributed by atoms with E-state index >= 15 is 0 Å². The lowest BCUT2D eigenvalue weighted by molar-refractivity contribution is 0.628. The van der Waals surface area contributed by atoms with Gasteiger partial charge >= 0.3 is 0 Å². The van der Waals surface area contributed by atoms with Crippen LogP contribution in [0.25, 0.3) is 10.9 Å². The Hall–Kier alpha value is -2.49. The van der Waals surface area contributed by atoms with Crippen molar-refractivity contribution in [1.82, 2.24) is 4.57 Å². The Bertz CT molecular complexity index is 756. The van der Waals surface area contributed by atoms with Crippen LogP contribution in [0.4, 0.5) is 21.5 Å². The highest BCUT2D eigenvalue weighted by molar-refractivity contribution is 5.96. The van der Waals surface area contributed by atoms with E-state index in [2.05, 4.69) is 0 Å². The van der Waals surface area contributed by atoms with Crippen LogP contribution < -0.4 is 10.6 Å². The summed E-state index contributed by atoms with van der Waals surface area (Å²) < 4.78 is 16.1. The van der Waals surface area contributed by atoms with Gasteiger partial charge in [0.1, 0.15) is 11.5 Å². The molecule has 2 N–H and O–H groups in total. The number of benzene rings is 2. The van der Waals surface area contributed by atoms with Crippen LogP contribution in [0, 0.1) is 5.82 Å². The molecule has 0 saturated carbocycles. The number of anilines is 3. The van der Waals surface area contributed by atoms with Crippen LogP contribution in [0.1, 0.15) is 0 Å². The molecule has 1 heterocycles. The van der Waals surface area contributed by atoms with E-state index in [1.807, 2.05) is 49.1 Å².